The number of hydrogen-bond acceptors (Lipinski definition) is 6. The van der Waals surface area contributed by atoms with Crippen molar-refractivity contribution in [3.63, 3.8) is 0 Å². The summed E-state index contributed by atoms with van der Waals surface area (Å²) in [5, 5.41) is 0. The molecule has 1 heterocycles. The zero-order valence-electron chi connectivity index (χ0n) is 12.4. The zero-order valence-corrected chi connectivity index (χ0v) is 12.4. The molecule has 1 saturated heterocycles. The van der Waals surface area contributed by atoms with E-state index in [1.807, 2.05) is 0 Å². The molecule has 0 amide bonds. The highest BCUT2D eigenvalue weighted by atomic mass is 16.6. The minimum Gasteiger partial charge on any atom is -0.493 e. The highest BCUT2D eigenvalue weighted by Gasteiger charge is 2.47. The van der Waals surface area contributed by atoms with Crippen LogP contribution in [0.5, 0.6) is 11.5 Å². The van der Waals surface area contributed by atoms with Gasteiger partial charge >= 0.3 is 11.9 Å². The van der Waals surface area contributed by atoms with E-state index in [0.29, 0.717) is 11.5 Å². The van der Waals surface area contributed by atoms with Crippen LogP contribution in [0.1, 0.15) is 18.6 Å². The Morgan fingerprint density at radius 2 is 1.81 bits per heavy atom. The molecule has 21 heavy (non-hydrogen) atoms. The summed E-state index contributed by atoms with van der Waals surface area (Å²) in [6.45, 7) is 1.79. The first-order valence-electron chi connectivity index (χ1n) is 6.53. The van der Waals surface area contributed by atoms with Crippen molar-refractivity contribution in [3.8, 4) is 11.5 Å². The van der Waals surface area contributed by atoms with E-state index in [-0.39, 0.29) is 5.92 Å². The van der Waals surface area contributed by atoms with E-state index in [2.05, 4.69) is 4.74 Å². The molecule has 6 heteroatoms. The SMILES string of the molecule is COC(=O)[C@@H]1C(=O)O[C@@H](c2ccc(OC)c(OC)c2)[C@H]1C. The normalized spacial score (nSPS) is 24.4. The summed E-state index contributed by atoms with van der Waals surface area (Å²) in [5.74, 6) is -1.22. The minimum absolute atomic E-state index is 0.317. The summed E-state index contributed by atoms with van der Waals surface area (Å²) in [7, 11) is 4.33. The molecular formula is C15H18O6. The smallest absolute Gasteiger partial charge is 0.321 e. The van der Waals surface area contributed by atoms with Crippen LogP contribution in [0, 0.1) is 11.8 Å². The third-order valence-electron chi connectivity index (χ3n) is 3.69. The molecule has 0 radical (unpaired) electrons. The van der Waals surface area contributed by atoms with Crippen molar-refractivity contribution in [1.29, 1.82) is 0 Å². The lowest BCUT2D eigenvalue weighted by Crippen LogP contribution is -2.25. The lowest BCUT2D eigenvalue weighted by molar-refractivity contribution is -0.155. The van der Waals surface area contributed by atoms with Crippen LogP contribution in [0.15, 0.2) is 18.2 Å². The topological polar surface area (TPSA) is 71.1 Å². The van der Waals surface area contributed by atoms with Gasteiger partial charge in [-0.3, -0.25) is 9.59 Å². The van der Waals surface area contributed by atoms with Gasteiger partial charge in [0.25, 0.3) is 0 Å². The maximum absolute atomic E-state index is 11.9. The average molecular weight is 294 g/mol. The number of benzene rings is 1. The predicted octanol–water partition coefficient (Wildman–Crippen LogP) is 1.73. The Hall–Kier alpha value is -2.24. The molecule has 0 saturated carbocycles. The molecule has 2 rings (SSSR count). The van der Waals surface area contributed by atoms with Gasteiger partial charge in [-0.25, -0.2) is 0 Å². The van der Waals surface area contributed by atoms with Crippen LogP contribution in [0.4, 0.5) is 0 Å². The van der Waals surface area contributed by atoms with Gasteiger partial charge in [0.1, 0.15) is 6.10 Å². The van der Waals surface area contributed by atoms with Gasteiger partial charge in [-0.15, -0.1) is 0 Å². The van der Waals surface area contributed by atoms with Crippen LogP contribution in [-0.4, -0.2) is 33.3 Å². The molecule has 1 aromatic carbocycles. The molecular weight excluding hydrogens is 276 g/mol. The second kappa shape index (κ2) is 6.03. The summed E-state index contributed by atoms with van der Waals surface area (Å²) in [5.41, 5.74) is 0.750. The maximum Gasteiger partial charge on any atom is 0.321 e. The molecule has 3 atom stereocenters. The molecule has 1 fully saturated rings. The van der Waals surface area contributed by atoms with Gasteiger partial charge in [-0.1, -0.05) is 13.0 Å². The third kappa shape index (κ3) is 2.66. The van der Waals surface area contributed by atoms with Gasteiger partial charge in [0, 0.05) is 5.92 Å². The number of methoxy groups -OCH3 is 3. The molecule has 1 aliphatic heterocycles. The van der Waals surface area contributed by atoms with Crippen molar-refractivity contribution in [2.75, 3.05) is 21.3 Å². The number of cyclic esters (lactones) is 1. The molecule has 0 N–H and O–H groups in total. The molecule has 114 valence electrons. The van der Waals surface area contributed by atoms with Crippen LogP contribution >= 0.6 is 0 Å². The predicted molar refractivity (Wildman–Crippen MR) is 73.0 cm³/mol. The molecule has 0 spiro atoms. The summed E-state index contributed by atoms with van der Waals surface area (Å²) in [6, 6.07) is 5.27. The number of carbonyl (C=O) groups excluding carboxylic acids is 2. The van der Waals surface area contributed by atoms with Crippen molar-refractivity contribution in [1.82, 2.24) is 0 Å². The number of hydrogen-bond donors (Lipinski definition) is 0. The summed E-state index contributed by atoms with van der Waals surface area (Å²) in [6.07, 6.45) is -0.513. The fourth-order valence-corrected chi connectivity index (χ4v) is 2.53. The first-order chi connectivity index (χ1) is 10.0. The Morgan fingerprint density at radius 3 is 2.38 bits per heavy atom. The van der Waals surface area contributed by atoms with E-state index >= 15 is 0 Å². The van der Waals surface area contributed by atoms with Crippen LogP contribution < -0.4 is 9.47 Å². The Kier molecular flexibility index (Phi) is 4.35. The van der Waals surface area contributed by atoms with Crippen molar-refractivity contribution >= 4 is 11.9 Å². The van der Waals surface area contributed by atoms with Gasteiger partial charge in [0.15, 0.2) is 17.4 Å². The van der Waals surface area contributed by atoms with Crippen LogP contribution in [0.3, 0.4) is 0 Å². The van der Waals surface area contributed by atoms with Crippen molar-refractivity contribution in [2.45, 2.75) is 13.0 Å². The maximum atomic E-state index is 11.9. The van der Waals surface area contributed by atoms with E-state index in [1.54, 1.807) is 32.2 Å². The van der Waals surface area contributed by atoms with E-state index in [1.165, 1.54) is 14.2 Å². The molecule has 0 bridgehead atoms. The summed E-state index contributed by atoms with van der Waals surface area (Å²) >= 11 is 0. The Labute approximate surface area is 122 Å². The lowest BCUT2D eigenvalue weighted by Gasteiger charge is -2.17. The molecule has 0 unspecified atom stereocenters. The minimum atomic E-state index is -0.895. The summed E-state index contributed by atoms with van der Waals surface area (Å²) < 4.78 is 20.4. The standard InChI is InChI=1S/C15H18O6/c1-8-12(14(16)20-4)15(17)21-13(8)9-5-6-10(18-2)11(7-9)19-3/h5-8,12-13H,1-4H3/t8-,12+,13+/m0/s1. The van der Waals surface area contributed by atoms with E-state index in [4.69, 9.17) is 14.2 Å². The number of carbonyl (C=O) groups is 2. The first-order valence-corrected chi connectivity index (χ1v) is 6.53. The van der Waals surface area contributed by atoms with Crippen LogP contribution in [0.2, 0.25) is 0 Å². The van der Waals surface area contributed by atoms with E-state index in [0.717, 1.165) is 5.56 Å². The summed E-state index contributed by atoms with van der Waals surface area (Å²) in [4.78, 5) is 23.5. The van der Waals surface area contributed by atoms with E-state index < -0.39 is 24.0 Å². The number of esters is 2. The third-order valence-corrected chi connectivity index (χ3v) is 3.69. The monoisotopic (exact) mass is 294 g/mol. The second-order valence-corrected chi connectivity index (χ2v) is 4.83. The van der Waals surface area contributed by atoms with Crippen molar-refractivity contribution in [3.05, 3.63) is 23.8 Å². The van der Waals surface area contributed by atoms with Gasteiger partial charge in [0.2, 0.25) is 0 Å². The Balaban J connectivity index is 2.31. The highest BCUT2D eigenvalue weighted by molar-refractivity contribution is 5.96. The Bertz CT molecular complexity index is 553. The first kappa shape index (κ1) is 15.2. The lowest BCUT2D eigenvalue weighted by atomic mass is 9.88. The quantitative estimate of drug-likeness (QED) is 0.622. The van der Waals surface area contributed by atoms with Crippen molar-refractivity contribution in [2.24, 2.45) is 11.8 Å². The average Bonchev–Trinajstić information content (AvgIpc) is 2.80. The molecule has 6 nitrogen and oxygen atoms in total. The van der Waals surface area contributed by atoms with Gasteiger partial charge in [-0.2, -0.15) is 0 Å². The van der Waals surface area contributed by atoms with Gasteiger partial charge in [-0.05, 0) is 17.7 Å². The molecule has 0 aliphatic carbocycles. The molecule has 1 aliphatic rings. The van der Waals surface area contributed by atoms with Crippen molar-refractivity contribution < 1.29 is 28.5 Å². The Morgan fingerprint density at radius 1 is 1.14 bits per heavy atom. The highest BCUT2D eigenvalue weighted by Crippen LogP contribution is 2.41. The largest absolute Gasteiger partial charge is 0.493 e. The second-order valence-electron chi connectivity index (χ2n) is 4.83. The van der Waals surface area contributed by atoms with E-state index in [9.17, 15) is 9.59 Å². The zero-order chi connectivity index (χ0) is 15.6. The fraction of sp³-hybridized carbons (Fsp3) is 0.467. The number of ether oxygens (including phenoxy) is 4. The number of rotatable bonds is 4. The van der Waals surface area contributed by atoms with Gasteiger partial charge in [0.05, 0.1) is 21.3 Å². The molecule has 1 aromatic rings. The van der Waals surface area contributed by atoms with Gasteiger partial charge < -0.3 is 18.9 Å². The molecule has 0 aromatic heterocycles. The van der Waals surface area contributed by atoms with Crippen LogP contribution in [-0.2, 0) is 19.1 Å². The fourth-order valence-electron chi connectivity index (χ4n) is 2.53. The van der Waals surface area contributed by atoms with Crippen LogP contribution in [0.25, 0.3) is 0 Å².